The second kappa shape index (κ2) is 7.27. The van der Waals surface area contributed by atoms with Crippen LogP contribution in [0.4, 0.5) is 0 Å². The molecule has 6 heteroatoms. The summed E-state index contributed by atoms with van der Waals surface area (Å²) in [5.74, 6) is 0.245. The summed E-state index contributed by atoms with van der Waals surface area (Å²) in [7, 11) is 0. The molecule has 1 amide bonds. The van der Waals surface area contributed by atoms with Crippen molar-refractivity contribution in [2.24, 2.45) is 0 Å². The van der Waals surface area contributed by atoms with Gasteiger partial charge in [-0.05, 0) is 32.6 Å². The van der Waals surface area contributed by atoms with Gasteiger partial charge in [-0.2, -0.15) is 0 Å². The molecule has 0 bridgehead atoms. The zero-order valence-corrected chi connectivity index (χ0v) is 13.5. The molecule has 0 aliphatic carbocycles. The highest BCUT2D eigenvalue weighted by molar-refractivity contribution is 5.91. The maximum atomic E-state index is 12.2. The van der Waals surface area contributed by atoms with Crippen LogP contribution in [-0.4, -0.2) is 49.2 Å². The minimum atomic E-state index is -0.302. The lowest BCUT2D eigenvalue weighted by Gasteiger charge is -2.33. The van der Waals surface area contributed by atoms with Gasteiger partial charge in [0.15, 0.2) is 11.2 Å². The van der Waals surface area contributed by atoms with Crippen molar-refractivity contribution < 1.29 is 13.9 Å². The normalized spacial score (nSPS) is 23.1. The number of piperidine rings is 1. The van der Waals surface area contributed by atoms with E-state index in [1.807, 2.05) is 0 Å². The SMILES string of the molecule is Cc1cc(=O)cc(C(=O)NC2CCN(C[C@H]3CCCO3)CC2)o1. The molecule has 6 nitrogen and oxygen atoms in total. The average molecular weight is 320 g/mol. The highest BCUT2D eigenvalue weighted by Crippen LogP contribution is 2.17. The molecule has 1 aromatic heterocycles. The largest absolute Gasteiger partial charge is 0.456 e. The average Bonchev–Trinajstić information content (AvgIpc) is 3.01. The van der Waals surface area contributed by atoms with E-state index in [-0.39, 0.29) is 23.1 Å². The second-order valence-electron chi connectivity index (χ2n) is 6.45. The lowest BCUT2D eigenvalue weighted by atomic mass is 10.0. The summed E-state index contributed by atoms with van der Waals surface area (Å²) < 4.78 is 11.0. The monoisotopic (exact) mass is 320 g/mol. The van der Waals surface area contributed by atoms with Gasteiger partial charge in [0.05, 0.1) is 6.10 Å². The maximum absolute atomic E-state index is 12.2. The number of ether oxygens (including phenoxy) is 1. The molecule has 2 saturated heterocycles. The summed E-state index contributed by atoms with van der Waals surface area (Å²) >= 11 is 0. The Morgan fingerprint density at radius 3 is 2.74 bits per heavy atom. The molecule has 1 N–H and O–H groups in total. The van der Waals surface area contributed by atoms with Gasteiger partial charge in [-0.3, -0.25) is 9.59 Å². The molecule has 3 heterocycles. The summed E-state index contributed by atoms with van der Waals surface area (Å²) in [6.07, 6.45) is 4.52. The lowest BCUT2D eigenvalue weighted by Crippen LogP contribution is -2.46. The number of hydrogen-bond acceptors (Lipinski definition) is 5. The van der Waals surface area contributed by atoms with E-state index in [2.05, 4.69) is 10.2 Å². The fourth-order valence-corrected chi connectivity index (χ4v) is 3.31. The van der Waals surface area contributed by atoms with E-state index in [0.717, 1.165) is 45.5 Å². The van der Waals surface area contributed by atoms with Crippen LogP contribution in [0.2, 0.25) is 0 Å². The smallest absolute Gasteiger partial charge is 0.287 e. The molecule has 0 spiro atoms. The van der Waals surface area contributed by atoms with Crippen molar-refractivity contribution in [1.82, 2.24) is 10.2 Å². The number of nitrogens with zero attached hydrogens (tertiary/aromatic N) is 1. The van der Waals surface area contributed by atoms with Gasteiger partial charge in [-0.15, -0.1) is 0 Å². The Morgan fingerprint density at radius 1 is 1.30 bits per heavy atom. The minimum absolute atomic E-state index is 0.0942. The second-order valence-corrected chi connectivity index (χ2v) is 6.45. The van der Waals surface area contributed by atoms with Crippen LogP contribution in [0.5, 0.6) is 0 Å². The van der Waals surface area contributed by atoms with Crippen LogP contribution in [0.1, 0.15) is 42.0 Å². The van der Waals surface area contributed by atoms with Gasteiger partial charge in [0.2, 0.25) is 0 Å². The van der Waals surface area contributed by atoms with Gasteiger partial charge >= 0.3 is 0 Å². The van der Waals surface area contributed by atoms with Crippen molar-refractivity contribution >= 4 is 5.91 Å². The van der Waals surface area contributed by atoms with Crippen molar-refractivity contribution in [2.75, 3.05) is 26.2 Å². The quantitative estimate of drug-likeness (QED) is 0.906. The summed E-state index contributed by atoms with van der Waals surface area (Å²) in [6, 6.07) is 2.75. The molecule has 0 unspecified atom stereocenters. The molecular formula is C17H24N2O4. The Balaban J connectivity index is 1.48. The third-order valence-electron chi connectivity index (χ3n) is 4.52. The molecule has 2 fully saturated rings. The van der Waals surface area contributed by atoms with Crippen LogP contribution in [0, 0.1) is 6.92 Å². The molecule has 23 heavy (non-hydrogen) atoms. The van der Waals surface area contributed by atoms with Crippen LogP contribution in [0.3, 0.4) is 0 Å². The first kappa shape index (κ1) is 16.2. The minimum Gasteiger partial charge on any atom is -0.456 e. The molecule has 0 aromatic carbocycles. The van der Waals surface area contributed by atoms with Crippen LogP contribution < -0.4 is 10.7 Å². The number of nitrogens with one attached hydrogen (secondary N) is 1. The summed E-state index contributed by atoms with van der Waals surface area (Å²) in [5, 5.41) is 2.97. The van der Waals surface area contributed by atoms with Crippen LogP contribution in [-0.2, 0) is 4.74 Å². The van der Waals surface area contributed by atoms with E-state index < -0.39 is 0 Å². The number of amides is 1. The number of carbonyl (C=O) groups excluding carboxylic acids is 1. The number of hydrogen-bond donors (Lipinski definition) is 1. The molecule has 0 saturated carbocycles. The van der Waals surface area contributed by atoms with Crippen LogP contribution >= 0.6 is 0 Å². The van der Waals surface area contributed by atoms with Crippen molar-refractivity contribution in [3.05, 3.63) is 33.9 Å². The van der Waals surface area contributed by atoms with Gasteiger partial charge < -0.3 is 19.4 Å². The van der Waals surface area contributed by atoms with Gasteiger partial charge in [-0.25, -0.2) is 0 Å². The Hall–Kier alpha value is -1.66. The Labute approximate surface area is 135 Å². The molecule has 2 aliphatic rings. The van der Waals surface area contributed by atoms with E-state index in [1.165, 1.54) is 18.6 Å². The molecule has 0 radical (unpaired) electrons. The Bertz CT molecular complexity index is 599. The van der Waals surface area contributed by atoms with E-state index in [4.69, 9.17) is 9.15 Å². The number of likely N-dealkylation sites (tertiary alicyclic amines) is 1. The third-order valence-corrected chi connectivity index (χ3v) is 4.52. The summed E-state index contributed by atoms with van der Waals surface area (Å²) in [4.78, 5) is 26.1. The highest BCUT2D eigenvalue weighted by Gasteiger charge is 2.25. The molecule has 1 atom stereocenters. The predicted octanol–water partition coefficient (Wildman–Crippen LogP) is 1.32. The molecule has 2 aliphatic heterocycles. The zero-order valence-electron chi connectivity index (χ0n) is 13.5. The lowest BCUT2D eigenvalue weighted by molar-refractivity contribution is 0.0609. The zero-order chi connectivity index (χ0) is 16.2. The standard InChI is InChI=1S/C17H24N2O4/c1-12-9-14(20)10-16(23-12)17(21)18-13-4-6-19(7-5-13)11-15-3-2-8-22-15/h9-10,13,15H,2-8,11H2,1H3,(H,18,21)/t15-/m1/s1. The van der Waals surface area contributed by atoms with Crippen molar-refractivity contribution in [3.63, 3.8) is 0 Å². The predicted molar refractivity (Wildman–Crippen MR) is 85.6 cm³/mol. The number of carbonyl (C=O) groups is 1. The van der Waals surface area contributed by atoms with Gasteiger partial charge in [0.25, 0.3) is 5.91 Å². The van der Waals surface area contributed by atoms with Crippen LogP contribution in [0.25, 0.3) is 0 Å². The summed E-state index contributed by atoms with van der Waals surface area (Å²) in [5.41, 5.74) is -0.203. The van der Waals surface area contributed by atoms with Crippen molar-refractivity contribution in [2.45, 2.75) is 44.8 Å². The molecule has 1 aromatic rings. The van der Waals surface area contributed by atoms with Gasteiger partial charge in [-0.1, -0.05) is 0 Å². The van der Waals surface area contributed by atoms with E-state index in [0.29, 0.717) is 11.9 Å². The maximum Gasteiger partial charge on any atom is 0.287 e. The van der Waals surface area contributed by atoms with Gasteiger partial charge in [0.1, 0.15) is 5.76 Å². The fourth-order valence-electron chi connectivity index (χ4n) is 3.31. The van der Waals surface area contributed by atoms with Gasteiger partial charge in [0, 0.05) is 44.4 Å². The highest BCUT2D eigenvalue weighted by atomic mass is 16.5. The van der Waals surface area contributed by atoms with E-state index in [1.54, 1.807) is 6.92 Å². The first-order chi connectivity index (χ1) is 11.1. The van der Waals surface area contributed by atoms with E-state index >= 15 is 0 Å². The third kappa shape index (κ3) is 4.42. The Morgan fingerprint density at radius 2 is 2.09 bits per heavy atom. The molecule has 126 valence electrons. The van der Waals surface area contributed by atoms with E-state index in [9.17, 15) is 9.59 Å². The molecule has 3 rings (SSSR count). The number of rotatable bonds is 4. The molecular weight excluding hydrogens is 296 g/mol. The van der Waals surface area contributed by atoms with Crippen LogP contribution in [0.15, 0.2) is 21.3 Å². The first-order valence-electron chi connectivity index (χ1n) is 8.37. The van der Waals surface area contributed by atoms with Crippen molar-refractivity contribution in [3.8, 4) is 0 Å². The Kier molecular flexibility index (Phi) is 5.13. The van der Waals surface area contributed by atoms with Crippen molar-refractivity contribution in [1.29, 1.82) is 0 Å². The fraction of sp³-hybridized carbons (Fsp3) is 0.647. The summed E-state index contributed by atoms with van der Waals surface area (Å²) in [6.45, 7) is 5.47. The first-order valence-corrected chi connectivity index (χ1v) is 8.37. The number of aryl methyl sites for hydroxylation is 1. The topological polar surface area (TPSA) is 71.8 Å².